The molecule has 0 aromatic heterocycles. The monoisotopic (exact) mass is 294 g/mol. The Hall–Kier alpha value is -1.62. The van der Waals surface area contributed by atoms with Crippen LogP contribution < -0.4 is 10.1 Å². The molecule has 0 radical (unpaired) electrons. The molecule has 1 saturated heterocycles. The van der Waals surface area contributed by atoms with Gasteiger partial charge in [-0.15, -0.1) is 0 Å². The van der Waals surface area contributed by atoms with Crippen LogP contribution in [0.3, 0.4) is 0 Å². The van der Waals surface area contributed by atoms with Gasteiger partial charge in [0.05, 0.1) is 13.0 Å². The normalized spacial score (nSPS) is 18.6. The molecule has 1 amide bonds. The lowest BCUT2D eigenvalue weighted by Crippen LogP contribution is -2.42. The van der Waals surface area contributed by atoms with Crippen molar-refractivity contribution in [1.82, 2.24) is 10.2 Å². The lowest BCUT2D eigenvalue weighted by molar-refractivity contribution is -0.133. The lowest BCUT2D eigenvalue weighted by Gasteiger charge is -2.32. The number of hydrogen-bond donors (Lipinski definition) is 1. The summed E-state index contributed by atoms with van der Waals surface area (Å²) < 4.78 is 18.2. The Labute approximate surface area is 125 Å². The molecule has 1 aromatic rings. The minimum absolute atomic E-state index is 0.137. The molecule has 1 aromatic carbocycles. The van der Waals surface area contributed by atoms with Crippen molar-refractivity contribution >= 4 is 5.91 Å². The number of halogens is 1. The summed E-state index contributed by atoms with van der Waals surface area (Å²) in [4.78, 5) is 14.1. The van der Waals surface area contributed by atoms with Crippen molar-refractivity contribution in [3.8, 4) is 5.75 Å². The van der Waals surface area contributed by atoms with Gasteiger partial charge in [0, 0.05) is 13.1 Å². The van der Waals surface area contributed by atoms with Crippen molar-refractivity contribution < 1.29 is 13.9 Å². The highest BCUT2D eigenvalue weighted by molar-refractivity contribution is 5.76. The number of carbonyl (C=O) groups excluding carboxylic acids is 1. The number of hydrogen-bond acceptors (Lipinski definition) is 3. The van der Waals surface area contributed by atoms with E-state index in [1.54, 1.807) is 12.1 Å². The van der Waals surface area contributed by atoms with Crippen LogP contribution in [0.4, 0.5) is 4.39 Å². The SMILES string of the molecule is CNCC1CCCN(C(=O)CCOc2ccc(F)cc2)C1. The van der Waals surface area contributed by atoms with Gasteiger partial charge in [-0.2, -0.15) is 0 Å². The molecule has 5 heteroatoms. The number of nitrogens with zero attached hydrogens (tertiary/aromatic N) is 1. The summed E-state index contributed by atoms with van der Waals surface area (Å²) in [5, 5.41) is 3.17. The van der Waals surface area contributed by atoms with Crippen LogP contribution in [0.1, 0.15) is 19.3 Å². The maximum atomic E-state index is 12.8. The van der Waals surface area contributed by atoms with Crippen LogP contribution in [-0.2, 0) is 4.79 Å². The number of benzene rings is 1. The van der Waals surface area contributed by atoms with Gasteiger partial charge in [-0.05, 0) is 56.6 Å². The summed E-state index contributed by atoms with van der Waals surface area (Å²) in [6.45, 7) is 2.96. The molecule has 0 bridgehead atoms. The fraction of sp³-hybridized carbons (Fsp3) is 0.562. The van der Waals surface area contributed by atoms with Crippen LogP contribution in [0.15, 0.2) is 24.3 Å². The molecule has 1 aliphatic rings. The highest BCUT2D eigenvalue weighted by atomic mass is 19.1. The van der Waals surface area contributed by atoms with E-state index < -0.39 is 0 Å². The van der Waals surface area contributed by atoms with E-state index in [4.69, 9.17) is 4.74 Å². The van der Waals surface area contributed by atoms with E-state index in [-0.39, 0.29) is 11.7 Å². The van der Waals surface area contributed by atoms with Gasteiger partial charge in [0.15, 0.2) is 0 Å². The number of nitrogens with one attached hydrogen (secondary N) is 1. The maximum Gasteiger partial charge on any atom is 0.226 e. The molecule has 1 heterocycles. The van der Waals surface area contributed by atoms with E-state index in [2.05, 4.69) is 5.32 Å². The topological polar surface area (TPSA) is 41.6 Å². The zero-order valence-corrected chi connectivity index (χ0v) is 12.5. The van der Waals surface area contributed by atoms with E-state index in [1.807, 2.05) is 11.9 Å². The van der Waals surface area contributed by atoms with Crippen LogP contribution in [0.2, 0.25) is 0 Å². The summed E-state index contributed by atoms with van der Waals surface area (Å²) in [5.74, 6) is 0.988. The summed E-state index contributed by atoms with van der Waals surface area (Å²) in [6.07, 6.45) is 2.61. The summed E-state index contributed by atoms with van der Waals surface area (Å²) >= 11 is 0. The smallest absolute Gasteiger partial charge is 0.226 e. The summed E-state index contributed by atoms with van der Waals surface area (Å²) in [5.41, 5.74) is 0. The van der Waals surface area contributed by atoms with E-state index in [9.17, 15) is 9.18 Å². The Morgan fingerprint density at radius 1 is 1.43 bits per heavy atom. The number of likely N-dealkylation sites (tertiary alicyclic amines) is 1. The van der Waals surface area contributed by atoms with Gasteiger partial charge in [-0.1, -0.05) is 0 Å². The van der Waals surface area contributed by atoms with Gasteiger partial charge < -0.3 is 15.0 Å². The van der Waals surface area contributed by atoms with Crippen molar-refractivity contribution in [2.75, 3.05) is 33.3 Å². The maximum absolute atomic E-state index is 12.8. The van der Waals surface area contributed by atoms with Crippen molar-refractivity contribution in [1.29, 1.82) is 0 Å². The predicted molar refractivity (Wildman–Crippen MR) is 79.7 cm³/mol. The molecule has 1 atom stereocenters. The van der Waals surface area contributed by atoms with Gasteiger partial charge >= 0.3 is 0 Å². The van der Waals surface area contributed by atoms with Gasteiger partial charge in [0.1, 0.15) is 11.6 Å². The molecule has 1 N–H and O–H groups in total. The largest absolute Gasteiger partial charge is 0.493 e. The summed E-state index contributed by atoms with van der Waals surface area (Å²) in [7, 11) is 1.94. The molecule has 116 valence electrons. The zero-order valence-electron chi connectivity index (χ0n) is 12.5. The van der Waals surface area contributed by atoms with E-state index >= 15 is 0 Å². The third kappa shape index (κ3) is 5.01. The lowest BCUT2D eigenvalue weighted by atomic mass is 9.98. The number of ether oxygens (including phenoxy) is 1. The second-order valence-electron chi connectivity index (χ2n) is 5.46. The predicted octanol–water partition coefficient (Wildman–Crippen LogP) is 2.05. The highest BCUT2D eigenvalue weighted by Gasteiger charge is 2.22. The number of piperidine rings is 1. The molecule has 1 aliphatic heterocycles. The van der Waals surface area contributed by atoms with Gasteiger partial charge in [0.2, 0.25) is 5.91 Å². The quantitative estimate of drug-likeness (QED) is 0.873. The molecule has 1 unspecified atom stereocenters. The van der Waals surface area contributed by atoms with E-state index in [1.165, 1.54) is 18.6 Å². The Balaban J connectivity index is 1.72. The second kappa shape index (κ2) is 7.98. The number of rotatable bonds is 6. The van der Waals surface area contributed by atoms with E-state index in [0.29, 0.717) is 24.7 Å². The molecule has 0 aliphatic carbocycles. The highest BCUT2D eigenvalue weighted by Crippen LogP contribution is 2.17. The van der Waals surface area contributed by atoms with Crippen LogP contribution in [0, 0.1) is 11.7 Å². The van der Waals surface area contributed by atoms with E-state index in [0.717, 1.165) is 26.1 Å². The van der Waals surface area contributed by atoms with Gasteiger partial charge in [-0.3, -0.25) is 4.79 Å². The minimum atomic E-state index is -0.290. The van der Waals surface area contributed by atoms with Gasteiger partial charge in [-0.25, -0.2) is 4.39 Å². The molecule has 0 saturated carbocycles. The zero-order chi connectivity index (χ0) is 15.1. The van der Waals surface area contributed by atoms with Crippen molar-refractivity contribution in [3.63, 3.8) is 0 Å². The molecule has 21 heavy (non-hydrogen) atoms. The molecule has 2 rings (SSSR count). The molecular weight excluding hydrogens is 271 g/mol. The molecule has 1 fully saturated rings. The van der Waals surface area contributed by atoms with Crippen LogP contribution in [0.25, 0.3) is 0 Å². The first kappa shape index (κ1) is 15.8. The Bertz CT molecular complexity index is 448. The third-order valence-electron chi connectivity index (χ3n) is 3.76. The second-order valence-corrected chi connectivity index (χ2v) is 5.46. The Morgan fingerprint density at radius 2 is 2.19 bits per heavy atom. The minimum Gasteiger partial charge on any atom is -0.493 e. The van der Waals surface area contributed by atoms with Crippen LogP contribution in [0.5, 0.6) is 5.75 Å². The number of amides is 1. The first-order valence-corrected chi connectivity index (χ1v) is 7.50. The summed E-state index contributed by atoms with van der Waals surface area (Å²) in [6, 6.07) is 5.85. The molecule has 4 nitrogen and oxygen atoms in total. The van der Waals surface area contributed by atoms with Gasteiger partial charge in [0.25, 0.3) is 0 Å². The fourth-order valence-electron chi connectivity index (χ4n) is 2.69. The Kier molecular flexibility index (Phi) is 5.99. The van der Waals surface area contributed by atoms with Crippen LogP contribution in [-0.4, -0.2) is 44.1 Å². The standard InChI is InChI=1S/C16H23FN2O2/c1-18-11-13-3-2-9-19(12-13)16(20)8-10-21-15-6-4-14(17)5-7-15/h4-7,13,18H,2-3,8-12H2,1H3. The fourth-order valence-corrected chi connectivity index (χ4v) is 2.69. The Morgan fingerprint density at radius 3 is 2.90 bits per heavy atom. The van der Waals surface area contributed by atoms with Crippen molar-refractivity contribution in [3.05, 3.63) is 30.1 Å². The van der Waals surface area contributed by atoms with Crippen molar-refractivity contribution in [2.45, 2.75) is 19.3 Å². The first-order valence-electron chi connectivity index (χ1n) is 7.50. The average Bonchev–Trinajstić information content (AvgIpc) is 2.50. The molecular formula is C16H23FN2O2. The van der Waals surface area contributed by atoms with Crippen molar-refractivity contribution in [2.24, 2.45) is 5.92 Å². The number of carbonyl (C=O) groups is 1. The molecule has 0 spiro atoms. The van der Waals surface area contributed by atoms with Crippen LogP contribution >= 0.6 is 0 Å². The third-order valence-corrected chi connectivity index (χ3v) is 3.76. The average molecular weight is 294 g/mol. The first-order chi connectivity index (χ1) is 10.2.